The highest BCUT2D eigenvalue weighted by atomic mass is 19.1. The Morgan fingerprint density at radius 3 is 2.87 bits per heavy atom. The topological polar surface area (TPSA) is 67.3 Å². The van der Waals surface area contributed by atoms with E-state index in [0.29, 0.717) is 24.5 Å². The van der Waals surface area contributed by atoms with Gasteiger partial charge in [-0.3, -0.25) is 4.98 Å². The lowest BCUT2D eigenvalue weighted by Gasteiger charge is -2.21. The average Bonchev–Trinajstić information content (AvgIpc) is 3.19. The smallest absolute Gasteiger partial charge is 0.173 e. The molecule has 2 aromatic heterocycles. The number of aliphatic hydroxyl groups is 1. The highest BCUT2D eigenvalue weighted by Gasteiger charge is 2.35. The number of fused-ring (bicyclic) bond motifs is 1. The maximum absolute atomic E-state index is 15.0. The van der Waals surface area contributed by atoms with Gasteiger partial charge in [0.1, 0.15) is 11.6 Å². The predicted molar refractivity (Wildman–Crippen MR) is 110 cm³/mol. The maximum Gasteiger partial charge on any atom is 0.173 e. The van der Waals surface area contributed by atoms with Gasteiger partial charge in [-0.2, -0.15) is 0 Å². The summed E-state index contributed by atoms with van der Waals surface area (Å²) in [4.78, 5) is 8.53. The quantitative estimate of drug-likeness (QED) is 0.545. The molecule has 0 saturated heterocycles. The molecule has 1 aromatic carbocycles. The molecular weight excluding hydrogens is 388 g/mol. The number of ether oxygens (including phenoxy) is 1. The number of hydrogen-bond donors (Lipinski definition) is 2. The Balaban J connectivity index is 1.66. The molecule has 156 valence electrons. The number of aliphatic hydroxyl groups excluding tert-OH is 1. The molecule has 4 rings (SSSR count). The SMILES string of the molecule is CCCCOc1ccc(F)c(C(O)C2CNc3ncc(-c4cccnc4)cc32)c1F. The van der Waals surface area contributed by atoms with Crippen molar-refractivity contribution in [1.29, 1.82) is 0 Å². The van der Waals surface area contributed by atoms with Gasteiger partial charge < -0.3 is 15.2 Å². The normalized spacial score (nSPS) is 16.1. The van der Waals surface area contributed by atoms with Crippen molar-refractivity contribution in [3.8, 4) is 16.9 Å². The first-order chi connectivity index (χ1) is 14.6. The zero-order valence-electron chi connectivity index (χ0n) is 16.6. The van der Waals surface area contributed by atoms with Crippen LogP contribution >= 0.6 is 0 Å². The molecule has 7 heteroatoms. The second-order valence-corrected chi connectivity index (χ2v) is 7.31. The largest absolute Gasteiger partial charge is 0.491 e. The van der Waals surface area contributed by atoms with Crippen molar-refractivity contribution in [2.24, 2.45) is 0 Å². The molecule has 2 N–H and O–H groups in total. The van der Waals surface area contributed by atoms with Crippen LogP contribution in [-0.2, 0) is 0 Å². The van der Waals surface area contributed by atoms with Gasteiger partial charge in [0.15, 0.2) is 11.6 Å². The Bertz CT molecular complexity index is 1030. The van der Waals surface area contributed by atoms with Gasteiger partial charge in [0.2, 0.25) is 0 Å². The number of halogens is 2. The first-order valence-corrected chi connectivity index (χ1v) is 10.0. The lowest BCUT2D eigenvalue weighted by atomic mass is 9.89. The molecule has 3 heterocycles. The zero-order valence-corrected chi connectivity index (χ0v) is 16.6. The number of hydrogen-bond acceptors (Lipinski definition) is 5. The van der Waals surface area contributed by atoms with Gasteiger partial charge in [-0.15, -0.1) is 0 Å². The molecule has 30 heavy (non-hydrogen) atoms. The fraction of sp³-hybridized carbons (Fsp3) is 0.304. The lowest BCUT2D eigenvalue weighted by molar-refractivity contribution is 0.141. The fourth-order valence-corrected chi connectivity index (χ4v) is 3.66. The summed E-state index contributed by atoms with van der Waals surface area (Å²) in [5.41, 5.74) is 2.02. The summed E-state index contributed by atoms with van der Waals surface area (Å²) in [5.74, 6) is -1.66. The van der Waals surface area contributed by atoms with Gasteiger partial charge in [0.05, 0.1) is 18.3 Å². The van der Waals surface area contributed by atoms with Crippen LogP contribution < -0.4 is 10.1 Å². The number of aromatic nitrogens is 2. The molecule has 5 nitrogen and oxygen atoms in total. The Kier molecular flexibility index (Phi) is 5.90. The molecule has 2 atom stereocenters. The third-order valence-electron chi connectivity index (χ3n) is 5.32. The summed E-state index contributed by atoms with van der Waals surface area (Å²) < 4.78 is 35.0. The minimum atomic E-state index is -1.39. The first kappa shape index (κ1) is 20.2. The summed E-state index contributed by atoms with van der Waals surface area (Å²) in [7, 11) is 0. The second-order valence-electron chi connectivity index (χ2n) is 7.31. The van der Waals surface area contributed by atoms with Crippen LogP contribution in [0, 0.1) is 11.6 Å². The summed E-state index contributed by atoms with van der Waals surface area (Å²) in [5, 5.41) is 14.1. The molecule has 0 bridgehead atoms. The Morgan fingerprint density at radius 1 is 1.23 bits per heavy atom. The lowest BCUT2D eigenvalue weighted by Crippen LogP contribution is -2.16. The molecule has 0 amide bonds. The summed E-state index contributed by atoms with van der Waals surface area (Å²) in [6.07, 6.45) is 5.38. The molecule has 2 unspecified atom stereocenters. The molecule has 0 aliphatic carbocycles. The number of benzene rings is 1. The number of nitrogens with one attached hydrogen (secondary N) is 1. The fourth-order valence-electron chi connectivity index (χ4n) is 3.66. The molecule has 1 aliphatic rings. The van der Waals surface area contributed by atoms with Crippen molar-refractivity contribution in [3.05, 3.63) is 71.7 Å². The van der Waals surface area contributed by atoms with Crippen LogP contribution in [0.15, 0.2) is 48.9 Å². The molecule has 0 saturated carbocycles. The molecule has 3 aromatic rings. The van der Waals surface area contributed by atoms with Gasteiger partial charge in [-0.1, -0.05) is 19.4 Å². The van der Waals surface area contributed by atoms with Crippen molar-refractivity contribution in [2.45, 2.75) is 31.8 Å². The standard InChI is InChI=1S/C23H23F2N3O2/c1-2-3-9-30-19-7-6-18(24)20(21(19)25)22(29)17-13-28-23-16(17)10-15(12-27-23)14-5-4-8-26-11-14/h4-8,10-12,17,22,29H,2-3,9,13H2,1H3,(H,27,28). The number of anilines is 1. The van der Waals surface area contributed by atoms with E-state index in [2.05, 4.69) is 15.3 Å². The molecule has 0 fully saturated rings. The summed E-state index contributed by atoms with van der Waals surface area (Å²) >= 11 is 0. The number of pyridine rings is 2. The Labute approximate surface area is 173 Å². The number of rotatable bonds is 7. The number of nitrogens with zero attached hydrogens (tertiary/aromatic N) is 2. The van der Waals surface area contributed by atoms with Gasteiger partial charge in [-0.05, 0) is 30.7 Å². The molecule has 1 aliphatic heterocycles. The monoisotopic (exact) mass is 411 g/mol. The molecular formula is C23H23F2N3O2. The van der Waals surface area contributed by atoms with E-state index in [1.807, 2.05) is 25.1 Å². The predicted octanol–water partition coefficient (Wildman–Crippen LogP) is 4.84. The molecule has 0 radical (unpaired) electrons. The van der Waals surface area contributed by atoms with Crippen LogP contribution in [0.25, 0.3) is 11.1 Å². The van der Waals surface area contributed by atoms with Crippen LogP contribution in [0.3, 0.4) is 0 Å². The van der Waals surface area contributed by atoms with Crippen molar-refractivity contribution in [3.63, 3.8) is 0 Å². The zero-order chi connectivity index (χ0) is 21.1. The molecule has 0 spiro atoms. The minimum Gasteiger partial charge on any atom is -0.491 e. The van der Waals surface area contributed by atoms with Crippen LogP contribution in [0.1, 0.15) is 42.9 Å². The van der Waals surface area contributed by atoms with E-state index in [1.165, 1.54) is 6.07 Å². The van der Waals surface area contributed by atoms with E-state index < -0.39 is 23.7 Å². The highest BCUT2D eigenvalue weighted by Crippen LogP contribution is 2.42. The van der Waals surface area contributed by atoms with E-state index in [4.69, 9.17) is 4.74 Å². The van der Waals surface area contributed by atoms with E-state index in [0.717, 1.165) is 30.0 Å². The first-order valence-electron chi connectivity index (χ1n) is 10.0. The Morgan fingerprint density at radius 2 is 2.10 bits per heavy atom. The van der Waals surface area contributed by atoms with Crippen molar-refractivity contribution in [1.82, 2.24) is 9.97 Å². The van der Waals surface area contributed by atoms with Gasteiger partial charge in [0.25, 0.3) is 0 Å². The van der Waals surface area contributed by atoms with Gasteiger partial charge in [-0.25, -0.2) is 13.8 Å². The van der Waals surface area contributed by atoms with E-state index in [9.17, 15) is 9.50 Å². The Hall–Kier alpha value is -3.06. The van der Waals surface area contributed by atoms with Crippen molar-refractivity contribution < 1.29 is 18.6 Å². The summed E-state index contributed by atoms with van der Waals surface area (Å²) in [6.45, 7) is 2.65. The van der Waals surface area contributed by atoms with Gasteiger partial charge >= 0.3 is 0 Å². The van der Waals surface area contributed by atoms with Crippen LogP contribution in [-0.4, -0.2) is 28.2 Å². The van der Waals surface area contributed by atoms with Crippen molar-refractivity contribution in [2.75, 3.05) is 18.5 Å². The van der Waals surface area contributed by atoms with E-state index in [1.54, 1.807) is 18.6 Å². The third-order valence-corrected chi connectivity index (χ3v) is 5.32. The third kappa shape index (κ3) is 3.85. The minimum absolute atomic E-state index is 0.0488. The van der Waals surface area contributed by atoms with Crippen LogP contribution in [0.2, 0.25) is 0 Å². The second kappa shape index (κ2) is 8.75. The highest BCUT2D eigenvalue weighted by molar-refractivity contribution is 5.67. The van der Waals surface area contributed by atoms with Crippen LogP contribution in [0.5, 0.6) is 5.75 Å². The van der Waals surface area contributed by atoms with E-state index >= 15 is 4.39 Å². The number of unbranched alkanes of at least 4 members (excludes halogenated alkanes) is 1. The van der Waals surface area contributed by atoms with Crippen LogP contribution in [0.4, 0.5) is 14.6 Å². The maximum atomic E-state index is 15.0. The average molecular weight is 411 g/mol. The summed E-state index contributed by atoms with van der Waals surface area (Å²) in [6, 6.07) is 8.00. The van der Waals surface area contributed by atoms with E-state index in [-0.39, 0.29) is 11.3 Å². The van der Waals surface area contributed by atoms with Gasteiger partial charge in [0, 0.05) is 47.7 Å². The van der Waals surface area contributed by atoms with Crippen molar-refractivity contribution >= 4 is 5.82 Å².